The molecule has 2 aromatic heterocycles. The summed E-state index contributed by atoms with van der Waals surface area (Å²) in [7, 11) is 1.30. The zero-order chi connectivity index (χ0) is 16.3. The molecular weight excluding hydrogens is 328 g/mol. The lowest BCUT2D eigenvalue weighted by atomic mass is 10.0. The van der Waals surface area contributed by atoms with Gasteiger partial charge in [-0.05, 0) is 0 Å². The summed E-state index contributed by atoms with van der Waals surface area (Å²) in [4.78, 5) is 35.8. The Labute approximate surface area is 135 Å². The van der Waals surface area contributed by atoms with Crippen molar-refractivity contribution in [2.24, 2.45) is 0 Å². The summed E-state index contributed by atoms with van der Waals surface area (Å²) in [6.45, 7) is 1.83. The number of anilines is 1. The van der Waals surface area contributed by atoms with E-state index in [1.807, 2.05) is 6.92 Å². The van der Waals surface area contributed by atoms with Crippen LogP contribution in [0.2, 0.25) is 5.02 Å². The summed E-state index contributed by atoms with van der Waals surface area (Å²) in [6.07, 6.45) is 2.77. The van der Waals surface area contributed by atoms with E-state index in [0.29, 0.717) is 9.88 Å². The Morgan fingerprint density at radius 3 is 2.82 bits per heavy atom. The Kier molecular flexibility index (Phi) is 5.04. The number of ether oxygens (including phenoxy) is 1. The van der Waals surface area contributed by atoms with Crippen molar-refractivity contribution in [3.63, 3.8) is 0 Å². The molecule has 0 saturated carbocycles. The molecule has 1 atom stereocenters. The van der Waals surface area contributed by atoms with Crippen LogP contribution in [0.3, 0.4) is 0 Å². The van der Waals surface area contributed by atoms with Gasteiger partial charge in [0.1, 0.15) is 27.7 Å². The minimum atomic E-state index is -0.450. The molecule has 0 amide bonds. The van der Waals surface area contributed by atoms with Gasteiger partial charge in [0.15, 0.2) is 5.78 Å². The van der Waals surface area contributed by atoms with Gasteiger partial charge in [-0.25, -0.2) is 19.7 Å². The van der Waals surface area contributed by atoms with Gasteiger partial charge in [-0.15, -0.1) is 11.3 Å². The third kappa shape index (κ3) is 3.40. The molecule has 9 heteroatoms. The lowest BCUT2D eigenvalue weighted by Gasteiger charge is -2.08. The fourth-order valence-corrected chi connectivity index (χ4v) is 2.84. The predicted octanol–water partition coefficient (Wildman–Crippen LogP) is 2.33. The van der Waals surface area contributed by atoms with Crippen molar-refractivity contribution in [2.75, 3.05) is 12.8 Å². The average molecular weight is 341 g/mol. The lowest BCUT2D eigenvalue weighted by Crippen LogP contribution is -2.09. The van der Waals surface area contributed by atoms with E-state index in [2.05, 4.69) is 19.7 Å². The van der Waals surface area contributed by atoms with Gasteiger partial charge in [0.05, 0.1) is 18.3 Å². The number of nitrogens with zero attached hydrogens (tertiary/aromatic N) is 3. The zero-order valence-electron chi connectivity index (χ0n) is 11.9. The Morgan fingerprint density at radius 2 is 2.14 bits per heavy atom. The summed E-state index contributed by atoms with van der Waals surface area (Å²) < 4.78 is 4.62. The molecule has 2 aromatic rings. The number of nitrogen functional groups attached to an aromatic ring is 1. The maximum atomic E-state index is 12.3. The normalized spacial score (nSPS) is 12.0. The van der Waals surface area contributed by atoms with Crippen molar-refractivity contribution in [1.82, 2.24) is 15.0 Å². The molecule has 2 N–H and O–H groups in total. The molecule has 22 heavy (non-hydrogen) atoms. The van der Waals surface area contributed by atoms with Crippen molar-refractivity contribution in [3.05, 3.63) is 33.1 Å². The summed E-state index contributed by atoms with van der Waals surface area (Å²) in [6, 6.07) is 0. The number of rotatable bonds is 5. The van der Waals surface area contributed by atoms with Crippen molar-refractivity contribution >= 4 is 40.5 Å². The van der Waals surface area contributed by atoms with Gasteiger partial charge in [-0.2, -0.15) is 0 Å². The summed E-state index contributed by atoms with van der Waals surface area (Å²) in [5.41, 5.74) is 5.64. The number of Topliss-reactive ketones (excluding diaryl/α,β-unsaturated/α-hetero) is 1. The highest BCUT2D eigenvalue weighted by Crippen LogP contribution is 2.28. The van der Waals surface area contributed by atoms with Gasteiger partial charge in [-0.1, -0.05) is 18.5 Å². The number of hydrogen-bond donors (Lipinski definition) is 1. The van der Waals surface area contributed by atoms with Crippen molar-refractivity contribution in [1.29, 1.82) is 0 Å². The number of ketones is 1. The first-order valence-corrected chi connectivity index (χ1v) is 7.46. The second-order valence-corrected chi connectivity index (χ2v) is 5.94. The molecule has 7 nitrogen and oxygen atoms in total. The van der Waals surface area contributed by atoms with Gasteiger partial charge in [0.2, 0.25) is 0 Å². The minimum absolute atomic E-state index is 0.0501. The molecule has 0 radical (unpaired) electrons. The first kappa shape index (κ1) is 16.3. The van der Waals surface area contributed by atoms with Crippen molar-refractivity contribution in [2.45, 2.75) is 19.3 Å². The highest BCUT2D eigenvalue weighted by atomic mass is 35.5. The maximum Gasteiger partial charge on any atom is 0.349 e. The molecular formula is C13H13ClN4O3S. The van der Waals surface area contributed by atoms with E-state index >= 15 is 0 Å². The largest absolute Gasteiger partial charge is 0.465 e. The number of methoxy groups -OCH3 is 1. The van der Waals surface area contributed by atoms with Crippen LogP contribution in [-0.2, 0) is 4.74 Å². The summed E-state index contributed by atoms with van der Waals surface area (Å²) in [5, 5.41) is 0.709. The van der Waals surface area contributed by atoms with Crippen LogP contribution in [0, 0.1) is 0 Å². The van der Waals surface area contributed by atoms with Crippen LogP contribution in [0.15, 0.2) is 12.5 Å². The minimum Gasteiger partial charge on any atom is -0.465 e. The zero-order valence-corrected chi connectivity index (χ0v) is 13.4. The third-order valence-corrected chi connectivity index (χ3v) is 4.49. The van der Waals surface area contributed by atoms with E-state index in [-0.39, 0.29) is 34.7 Å². The Bertz CT molecular complexity index is 719. The standard InChI is InChI=1S/C13H13ClN4O3S/c1-6(12-16-4-8(22-12)13(20)21-2)3-7(19)10-9(14)11(15)18-5-17-10/h4-6H,3H2,1-2H3,(H2,15,17,18). The molecule has 116 valence electrons. The van der Waals surface area contributed by atoms with Crippen molar-refractivity contribution < 1.29 is 14.3 Å². The van der Waals surface area contributed by atoms with Crippen LogP contribution in [0.25, 0.3) is 0 Å². The predicted molar refractivity (Wildman–Crippen MR) is 82.3 cm³/mol. The Balaban J connectivity index is 2.13. The molecule has 2 heterocycles. The number of nitrogens with two attached hydrogens (primary N) is 1. The van der Waals surface area contributed by atoms with Crippen LogP contribution in [0.5, 0.6) is 0 Å². The van der Waals surface area contributed by atoms with E-state index in [1.165, 1.54) is 31.0 Å². The quantitative estimate of drug-likeness (QED) is 0.657. The fourth-order valence-electron chi connectivity index (χ4n) is 1.75. The van der Waals surface area contributed by atoms with E-state index in [9.17, 15) is 9.59 Å². The molecule has 0 aromatic carbocycles. The molecule has 0 aliphatic heterocycles. The van der Waals surface area contributed by atoms with E-state index in [4.69, 9.17) is 17.3 Å². The lowest BCUT2D eigenvalue weighted by molar-refractivity contribution is 0.0606. The van der Waals surface area contributed by atoms with E-state index in [1.54, 1.807) is 0 Å². The molecule has 0 spiro atoms. The summed E-state index contributed by atoms with van der Waals surface area (Å²) in [5.74, 6) is -0.839. The molecule has 0 fully saturated rings. The van der Waals surface area contributed by atoms with Crippen molar-refractivity contribution in [3.8, 4) is 0 Å². The van der Waals surface area contributed by atoms with Gasteiger partial charge < -0.3 is 10.5 Å². The van der Waals surface area contributed by atoms with Crippen LogP contribution in [0.1, 0.15) is 44.4 Å². The molecule has 1 unspecified atom stereocenters. The molecule has 0 bridgehead atoms. The molecule has 0 saturated heterocycles. The number of carbonyl (C=O) groups is 2. The Hall–Kier alpha value is -2.06. The smallest absolute Gasteiger partial charge is 0.349 e. The average Bonchev–Trinajstić information content (AvgIpc) is 2.99. The van der Waals surface area contributed by atoms with Gasteiger partial charge >= 0.3 is 5.97 Å². The summed E-state index contributed by atoms with van der Waals surface area (Å²) >= 11 is 7.13. The second kappa shape index (κ2) is 6.80. The van der Waals surface area contributed by atoms with Crippen LogP contribution in [-0.4, -0.2) is 33.8 Å². The number of halogens is 1. The fraction of sp³-hybridized carbons (Fsp3) is 0.308. The second-order valence-electron chi connectivity index (χ2n) is 4.50. The number of thiazole rings is 1. The molecule has 0 aliphatic rings. The van der Waals surface area contributed by atoms with E-state index < -0.39 is 5.97 Å². The molecule has 0 aliphatic carbocycles. The first-order valence-electron chi connectivity index (χ1n) is 6.27. The topological polar surface area (TPSA) is 108 Å². The number of carbonyl (C=O) groups excluding carboxylic acids is 2. The monoisotopic (exact) mass is 340 g/mol. The highest BCUT2D eigenvalue weighted by molar-refractivity contribution is 7.13. The number of hydrogen-bond acceptors (Lipinski definition) is 8. The van der Waals surface area contributed by atoms with Crippen LogP contribution >= 0.6 is 22.9 Å². The van der Waals surface area contributed by atoms with Gasteiger partial charge in [-0.3, -0.25) is 4.79 Å². The highest BCUT2D eigenvalue weighted by Gasteiger charge is 2.21. The first-order chi connectivity index (χ1) is 10.4. The SMILES string of the molecule is COC(=O)c1cnc(C(C)CC(=O)c2ncnc(N)c2Cl)s1. The van der Waals surface area contributed by atoms with Crippen LogP contribution in [0.4, 0.5) is 5.82 Å². The number of esters is 1. The number of aromatic nitrogens is 3. The maximum absolute atomic E-state index is 12.3. The van der Waals surface area contributed by atoms with Gasteiger partial charge in [0.25, 0.3) is 0 Å². The van der Waals surface area contributed by atoms with Gasteiger partial charge in [0, 0.05) is 12.3 Å². The van der Waals surface area contributed by atoms with Crippen LogP contribution < -0.4 is 5.73 Å². The third-order valence-electron chi connectivity index (χ3n) is 2.90. The van der Waals surface area contributed by atoms with E-state index in [0.717, 1.165) is 0 Å². The Morgan fingerprint density at radius 1 is 1.41 bits per heavy atom. The molecule has 2 rings (SSSR count).